The van der Waals surface area contributed by atoms with Gasteiger partial charge in [0.2, 0.25) is 0 Å². The van der Waals surface area contributed by atoms with Crippen molar-refractivity contribution in [3.05, 3.63) is 81.8 Å². The van der Waals surface area contributed by atoms with E-state index in [1.54, 1.807) is 0 Å². The monoisotopic (exact) mass is 542 g/mol. The Morgan fingerprint density at radius 1 is 0.757 bits per heavy atom. The highest BCUT2D eigenvalue weighted by molar-refractivity contribution is 8.03. The summed E-state index contributed by atoms with van der Waals surface area (Å²) in [5.74, 6) is -8.61. The van der Waals surface area contributed by atoms with Crippen LogP contribution in [0.1, 0.15) is 41.4 Å². The largest absolute Gasteiger partial charge is 0.478 e. The molecular formula is C24H14O11S2. The van der Waals surface area contributed by atoms with Crippen molar-refractivity contribution in [2.45, 2.75) is 14.5 Å². The number of allylic oxidation sites excluding steroid dienone is 1. The van der Waals surface area contributed by atoms with Gasteiger partial charge in [0.25, 0.3) is 0 Å². The van der Waals surface area contributed by atoms with Crippen molar-refractivity contribution < 1.29 is 53.9 Å². The van der Waals surface area contributed by atoms with Gasteiger partial charge in [-0.3, -0.25) is 4.79 Å². The van der Waals surface area contributed by atoms with Crippen molar-refractivity contribution in [1.29, 1.82) is 0 Å². The van der Waals surface area contributed by atoms with Crippen LogP contribution in [-0.2, 0) is 14.3 Å². The Morgan fingerprint density at radius 2 is 1.27 bits per heavy atom. The first-order chi connectivity index (χ1) is 17.4. The molecule has 4 rings (SSSR count). The van der Waals surface area contributed by atoms with Crippen molar-refractivity contribution in [3.8, 4) is 0 Å². The summed E-state index contributed by atoms with van der Waals surface area (Å²) in [5, 5.41) is 37.1. The number of esters is 2. The molecule has 0 radical (unpaired) electrons. The van der Waals surface area contributed by atoms with Gasteiger partial charge < -0.3 is 25.2 Å². The van der Waals surface area contributed by atoms with E-state index < -0.39 is 63.2 Å². The Bertz CT molecular complexity index is 1470. The normalized spacial score (nSPS) is 20.1. The maximum atomic E-state index is 12.7. The Kier molecular flexibility index (Phi) is 6.67. The Hall–Kier alpha value is -4.36. The maximum absolute atomic E-state index is 12.7. The number of aromatic carboxylic acids is 4. The predicted molar refractivity (Wildman–Crippen MR) is 127 cm³/mol. The van der Waals surface area contributed by atoms with Gasteiger partial charge in [0, 0.05) is 14.7 Å². The Labute approximate surface area is 215 Å². The van der Waals surface area contributed by atoms with Crippen LogP contribution in [0.25, 0.3) is 0 Å². The minimum Gasteiger partial charge on any atom is -0.478 e. The topological polar surface area (TPSA) is 193 Å². The molecule has 1 fully saturated rings. The van der Waals surface area contributed by atoms with Crippen molar-refractivity contribution in [3.63, 3.8) is 0 Å². The van der Waals surface area contributed by atoms with Gasteiger partial charge in [-0.2, -0.15) is 0 Å². The third kappa shape index (κ3) is 4.73. The molecule has 2 aromatic carbocycles. The van der Waals surface area contributed by atoms with E-state index in [4.69, 9.17) is 4.74 Å². The van der Waals surface area contributed by atoms with Crippen LogP contribution >= 0.6 is 23.5 Å². The van der Waals surface area contributed by atoms with Crippen molar-refractivity contribution in [1.82, 2.24) is 0 Å². The van der Waals surface area contributed by atoms with Crippen molar-refractivity contribution in [2.24, 2.45) is 5.92 Å². The molecule has 11 nitrogen and oxygen atoms in total. The number of ether oxygens (including phenoxy) is 1. The fourth-order valence-corrected chi connectivity index (χ4v) is 5.95. The first-order valence-corrected chi connectivity index (χ1v) is 11.8. The molecule has 0 saturated carbocycles. The molecule has 1 aliphatic heterocycles. The van der Waals surface area contributed by atoms with Gasteiger partial charge in [-0.25, -0.2) is 24.0 Å². The predicted octanol–water partition coefficient (Wildman–Crippen LogP) is 3.26. The summed E-state index contributed by atoms with van der Waals surface area (Å²) in [4.78, 5) is 71.9. The summed E-state index contributed by atoms with van der Waals surface area (Å²) in [7, 11) is 0. The zero-order valence-electron chi connectivity index (χ0n) is 18.2. The first kappa shape index (κ1) is 25.7. The molecule has 188 valence electrons. The summed E-state index contributed by atoms with van der Waals surface area (Å²) in [5.41, 5.74) is -1.74. The van der Waals surface area contributed by atoms with Gasteiger partial charge in [0.05, 0.1) is 22.3 Å². The summed E-state index contributed by atoms with van der Waals surface area (Å²) < 4.78 is 3.28. The lowest BCUT2D eigenvalue weighted by Gasteiger charge is -2.27. The molecule has 0 amide bonds. The number of fused-ring (bicyclic) bond motifs is 1. The molecule has 1 saturated heterocycles. The number of carboxylic acid groups (broad SMARTS) is 4. The number of hydrogen-bond acceptors (Lipinski definition) is 9. The van der Waals surface area contributed by atoms with Crippen molar-refractivity contribution >= 4 is 59.3 Å². The molecule has 0 bridgehead atoms. The zero-order valence-corrected chi connectivity index (χ0v) is 19.9. The van der Waals surface area contributed by atoms with Crippen LogP contribution in [-0.4, -0.2) is 61.0 Å². The quantitative estimate of drug-likeness (QED) is 0.281. The number of hydrogen-bond donors (Lipinski definition) is 4. The standard InChI is InChI=1S/C24H14O11S2/c25-18(26)13-3-1-10(7-15(13)20(29)30)36-11-5-6-24(17(9-11)22(33)35-23(24)34)37-12-2-4-14(19(27)28)16(8-12)21(31)32/h1-9,17H,(H,25,26)(H,27,28)(H,29,30)(H,31,32). The second kappa shape index (κ2) is 9.59. The van der Waals surface area contributed by atoms with Gasteiger partial charge in [0.1, 0.15) is 5.92 Å². The molecule has 1 heterocycles. The van der Waals surface area contributed by atoms with E-state index in [0.29, 0.717) is 9.80 Å². The van der Waals surface area contributed by atoms with E-state index >= 15 is 0 Å². The number of carboxylic acids is 4. The van der Waals surface area contributed by atoms with Crippen LogP contribution < -0.4 is 0 Å². The molecule has 2 aliphatic rings. The van der Waals surface area contributed by atoms with Crippen LogP contribution in [0, 0.1) is 5.92 Å². The van der Waals surface area contributed by atoms with Crippen LogP contribution in [0.15, 0.2) is 69.3 Å². The third-order valence-corrected chi connectivity index (χ3v) is 7.86. The summed E-state index contributed by atoms with van der Waals surface area (Å²) in [6.07, 6.45) is 4.36. The minimum atomic E-state index is -1.58. The van der Waals surface area contributed by atoms with Gasteiger partial charge in [0.15, 0.2) is 4.75 Å². The lowest BCUT2D eigenvalue weighted by atomic mass is 9.89. The fourth-order valence-electron chi connectivity index (χ4n) is 3.76. The zero-order chi connectivity index (χ0) is 27.1. The molecule has 2 atom stereocenters. The van der Waals surface area contributed by atoms with E-state index in [2.05, 4.69) is 0 Å². The van der Waals surface area contributed by atoms with Crippen LogP contribution in [0.2, 0.25) is 0 Å². The van der Waals surface area contributed by atoms with Crippen LogP contribution in [0.4, 0.5) is 0 Å². The highest BCUT2D eigenvalue weighted by Gasteiger charge is 2.57. The highest BCUT2D eigenvalue weighted by atomic mass is 32.2. The summed E-state index contributed by atoms with van der Waals surface area (Å²) in [6, 6.07) is 7.24. The number of benzene rings is 2. The molecule has 1 aliphatic carbocycles. The number of cyclic esters (lactones) is 2. The van der Waals surface area contributed by atoms with E-state index in [1.807, 2.05) is 0 Å². The molecule has 0 spiro atoms. The van der Waals surface area contributed by atoms with Gasteiger partial charge >= 0.3 is 35.8 Å². The van der Waals surface area contributed by atoms with Crippen LogP contribution in [0.3, 0.4) is 0 Å². The smallest absolute Gasteiger partial charge is 0.336 e. The highest BCUT2D eigenvalue weighted by Crippen LogP contribution is 2.50. The third-order valence-electron chi connectivity index (χ3n) is 5.48. The number of rotatable bonds is 8. The Morgan fingerprint density at radius 3 is 1.81 bits per heavy atom. The molecule has 13 heteroatoms. The van der Waals surface area contributed by atoms with Crippen LogP contribution in [0.5, 0.6) is 0 Å². The van der Waals surface area contributed by atoms with Gasteiger partial charge in [-0.15, -0.1) is 11.8 Å². The molecule has 37 heavy (non-hydrogen) atoms. The second-order valence-electron chi connectivity index (χ2n) is 7.72. The number of carbonyl (C=O) groups excluding carboxylic acids is 2. The lowest BCUT2D eigenvalue weighted by molar-refractivity contribution is -0.153. The molecule has 4 N–H and O–H groups in total. The fraction of sp³-hybridized carbons (Fsp3) is 0.0833. The molecular weight excluding hydrogens is 528 g/mol. The van der Waals surface area contributed by atoms with E-state index in [1.165, 1.54) is 36.4 Å². The Balaban J connectivity index is 1.66. The average molecular weight is 542 g/mol. The minimum absolute atomic E-state index is 0.212. The van der Waals surface area contributed by atoms with E-state index in [0.717, 1.165) is 41.7 Å². The number of thioether (sulfide) groups is 2. The van der Waals surface area contributed by atoms with E-state index in [-0.39, 0.29) is 10.5 Å². The first-order valence-electron chi connectivity index (χ1n) is 10.2. The molecule has 2 unspecified atom stereocenters. The maximum Gasteiger partial charge on any atom is 0.336 e. The second-order valence-corrected chi connectivity index (χ2v) is 10.2. The lowest BCUT2D eigenvalue weighted by Crippen LogP contribution is -2.36. The van der Waals surface area contributed by atoms with Gasteiger partial charge in [-0.05, 0) is 36.4 Å². The summed E-state index contributed by atoms with van der Waals surface area (Å²) in [6.45, 7) is 0. The number of carbonyl (C=O) groups is 6. The molecule has 2 aromatic rings. The van der Waals surface area contributed by atoms with E-state index in [9.17, 15) is 49.2 Å². The molecule has 0 aromatic heterocycles. The van der Waals surface area contributed by atoms with Crippen molar-refractivity contribution in [2.75, 3.05) is 0 Å². The summed E-state index contributed by atoms with van der Waals surface area (Å²) >= 11 is 1.86. The SMILES string of the molecule is O=C(O)c1ccc(SC2=CC3C(=O)OC(=O)C3(Sc3ccc(C(=O)O)c(C(=O)O)c3)C=C2)cc1C(=O)O. The average Bonchev–Trinajstić information content (AvgIpc) is 3.07. The van der Waals surface area contributed by atoms with Gasteiger partial charge in [-0.1, -0.05) is 30.0 Å².